The van der Waals surface area contributed by atoms with Crippen LogP contribution in [-0.4, -0.2) is 9.55 Å². The molecule has 0 amide bonds. The van der Waals surface area contributed by atoms with Crippen molar-refractivity contribution >= 4 is 38.6 Å². The summed E-state index contributed by atoms with van der Waals surface area (Å²) in [5.74, 6) is 0.864. The third-order valence-electron chi connectivity index (χ3n) is 3.36. The average molecular weight is 350 g/mol. The lowest BCUT2D eigenvalue weighted by Gasteiger charge is -2.12. The highest BCUT2D eigenvalue weighted by Crippen LogP contribution is 2.29. The van der Waals surface area contributed by atoms with Gasteiger partial charge in [-0.3, -0.25) is 4.57 Å². The van der Waals surface area contributed by atoms with Crippen molar-refractivity contribution in [1.82, 2.24) is 9.55 Å². The van der Waals surface area contributed by atoms with Gasteiger partial charge in [-0.2, -0.15) is 0 Å². The van der Waals surface area contributed by atoms with Crippen LogP contribution in [0.3, 0.4) is 0 Å². The van der Waals surface area contributed by atoms with E-state index in [0.717, 1.165) is 27.0 Å². The molecule has 0 spiro atoms. The van der Waals surface area contributed by atoms with Crippen molar-refractivity contribution in [3.63, 3.8) is 0 Å². The van der Waals surface area contributed by atoms with Gasteiger partial charge in [0.15, 0.2) is 0 Å². The highest BCUT2D eigenvalue weighted by molar-refractivity contribution is 9.10. The summed E-state index contributed by atoms with van der Waals surface area (Å²) in [6.07, 6.45) is 0. The van der Waals surface area contributed by atoms with Gasteiger partial charge in [-0.25, -0.2) is 4.98 Å². The third-order valence-corrected chi connectivity index (χ3v) is 4.41. The SMILES string of the molecule is Cc1ccc(-n2c(C(C)Cl)nc3ccccc32)cc1Br. The van der Waals surface area contributed by atoms with Crippen molar-refractivity contribution in [1.29, 1.82) is 0 Å². The van der Waals surface area contributed by atoms with E-state index in [1.165, 1.54) is 5.56 Å². The second-order valence-electron chi connectivity index (χ2n) is 4.84. The normalized spacial score (nSPS) is 12.8. The molecule has 0 saturated carbocycles. The first kappa shape index (κ1) is 13.7. The zero-order valence-electron chi connectivity index (χ0n) is 11.3. The molecule has 1 atom stereocenters. The zero-order chi connectivity index (χ0) is 14.3. The lowest BCUT2D eigenvalue weighted by molar-refractivity contribution is 0.882. The van der Waals surface area contributed by atoms with Crippen molar-refractivity contribution in [3.05, 3.63) is 58.3 Å². The van der Waals surface area contributed by atoms with Crippen molar-refractivity contribution in [2.24, 2.45) is 0 Å². The van der Waals surface area contributed by atoms with Crippen LogP contribution in [0.5, 0.6) is 0 Å². The minimum Gasteiger partial charge on any atom is -0.295 e. The topological polar surface area (TPSA) is 17.8 Å². The molecule has 20 heavy (non-hydrogen) atoms. The monoisotopic (exact) mass is 348 g/mol. The Bertz CT molecular complexity index is 777. The van der Waals surface area contributed by atoms with Gasteiger partial charge in [0.2, 0.25) is 0 Å². The van der Waals surface area contributed by atoms with Crippen molar-refractivity contribution in [2.75, 3.05) is 0 Å². The van der Waals surface area contributed by atoms with Gasteiger partial charge in [0, 0.05) is 10.2 Å². The highest BCUT2D eigenvalue weighted by atomic mass is 79.9. The maximum absolute atomic E-state index is 6.31. The standard InChI is InChI=1S/C16H14BrClN2/c1-10-7-8-12(9-13(10)17)20-15-6-4-3-5-14(15)19-16(20)11(2)18/h3-9,11H,1-2H3. The zero-order valence-corrected chi connectivity index (χ0v) is 13.6. The summed E-state index contributed by atoms with van der Waals surface area (Å²) in [6.45, 7) is 4.02. The van der Waals surface area contributed by atoms with E-state index >= 15 is 0 Å². The van der Waals surface area contributed by atoms with E-state index in [4.69, 9.17) is 11.6 Å². The summed E-state index contributed by atoms with van der Waals surface area (Å²) in [5.41, 5.74) is 4.31. The molecule has 0 fully saturated rings. The molecule has 1 unspecified atom stereocenters. The molecular formula is C16H14BrClN2. The summed E-state index contributed by atoms with van der Waals surface area (Å²) < 4.78 is 3.21. The van der Waals surface area contributed by atoms with Crippen molar-refractivity contribution < 1.29 is 0 Å². The first-order valence-corrected chi connectivity index (χ1v) is 7.69. The number of rotatable bonds is 2. The number of alkyl halides is 1. The van der Waals surface area contributed by atoms with E-state index in [9.17, 15) is 0 Å². The number of para-hydroxylation sites is 2. The number of halogens is 2. The van der Waals surface area contributed by atoms with Crippen molar-refractivity contribution in [2.45, 2.75) is 19.2 Å². The van der Waals surface area contributed by atoms with Crippen LogP contribution in [0.2, 0.25) is 0 Å². The van der Waals surface area contributed by atoms with E-state index in [1.807, 2.05) is 25.1 Å². The first-order chi connectivity index (χ1) is 9.58. The Morgan fingerprint density at radius 2 is 1.95 bits per heavy atom. The number of nitrogens with zero attached hydrogens (tertiary/aromatic N) is 2. The molecule has 0 aliphatic carbocycles. The molecular weight excluding hydrogens is 336 g/mol. The Hall–Kier alpha value is -1.32. The maximum atomic E-state index is 6.31. The van der Waals surface area contributed by atoms with Crippen LogP contribution >= 0.6 is 27.5 Å². The summed E-state index contributed by atoms with van der Waals surface area (Å²) >= 11 is 9.90. The van der Waals surface area contributed by atoms with Crippen LogP contribution < -0.4 is 0 Å². The fraction of sp³-hybridized carbons (Fsp3) is 0.188. The largest absolute Gasteiger partial charge is 0.295 e. The average Bonchev–Trinajstić information content (AvgIpc) is 2.81. The van der Waals surface area contributed by atoms with E-state index in [0.29, 0.717) is 0 Å². The van der Waals surface area contributed by atoms with Crippen LogP contribution in [0.25, 0.3) is 16.7 Å². The molecule has 0 aliphatic heterocycles. The second-order valence-corrected chi connectivity index (χ2v) is 6.35. The number of hydrogen-bond donors (Lipinski definition) is 0. The van der Waals surface area contributed by atoms with E-state index in [2.05, 4.69) is 56.7 Å². The summed E-state index contributed by atoms with van der Waals surface area (Å²) in [5, 5.41) is -0.150. The molecule has 0 saturated heterocycles. The smallest absolute Gasteiger partial charge is 0.132 e. The van der Waals surface area contributed by atoms with Crippen LogP contribution in [0, 0.1) is 6.92 Å². The van der Waals surface area contributed by atoms with Gasteiger partial charge in [-0.1, -0.05) is 34.1 Å². The third kappa shape index (κ3) is 2.25. The molecule has 4 heteroatoms. The lowest BCUT2D eigenvalue weighted by atomic mass is 10.2. The minimum atomic E-state index is -0.150. The summed E-state index contributed by atoms with van der Waals surface area (Å²) in [4.78, 5) is 4.66. The highest BCUT2D eigenvalue weighted by Gasteiger charge is 2.16. The molecule has 0 aliphatic rings. The second kappa shape index (κ2) is 5.23. The fourth-order valence-corrected chi connectivity index (χ4v) is 2.82. The quantitative estimate of drug-likeness (QED) is 0.567. The minimum absolute atomic E-state index is 0.150. The number of fused-ring (bicyclic) bond motifs is 1. The Morgan fingerprint density at radius 1 is 1.20 bits per heavy atom. The Morgan fingerprint density at radius 3 is 2.65 bits per heavy atom. The molecule has 1 heterocycles. The maximum Gasteiger partial charge on any atom is 0.132 e. The Balaban J connectivity index is 2.33. The first-order valence-electron chi connectivity index (χ1n) is 6.46. The van der Waals surface area contributed by atoms with Gasteiger partial charge in [0.05, 0.1) is 16.4 Å². The molecule has 0 radical (unpaired) electrons. The molecule has 2 aromatic carbocycles. The summed E-state index contributed by atoms with van der Waals surface area (Å²) in [7, 11) is 0. The lowest BCUT2D eigenvalue weighted by Crippen LogP contribution is -2.02. The number of imidazole rings is 1. The molecule has 2 nitrogen and oxygen atoms in total. The van der Waals surface area contributed by atoms with Crippen LogP contribution in [0.1, 0.15) is 23.7 Å². The summed E-state index contributed by atoms with van der Waals surface area (Å²) in [6, 6.07) is 14.4. The van der Waals surface area contributed by atoms with E-state index < -0.39 is 0 Å². The fourth-order valence-electron chi connectivity index (χ4n) is 2.30. The van der Waals surface area contributed by atoms with Gasteiger partial charge < -0.3 is 0 Å². The van der Waals surface area contributed by atoms with Gasteiger partial charge >= 0.3 is 0 Å². The molecule has 3 rings (SSSR count). The van der Waals surface area contributed by atoms with E-state index in [1.54, 1.807) is 0 Å². The van der Waals surface area contributed by atoms with Gasteiger partial charge in [-0.15, -0.1) is 11.6 Å². The Labute approximate surface area is 131 Å². The van der Waals surface area contributed by atoms with Gasteiger partial charge in [0.1, 0.15) is 5.82 Å². The van der Waals surface area contributed by atoms with Crippen LogP contribution in [0.4, 0.5) is 0 Å². The van der Waals surface area contributed by atoms with Gasteiger partial charge in [0.25, 0.3) is 0 Å². The van der Waals surface area contributed by atoms with Crippen molar-refractivity contribution in [3.8, 4) is 5.69 Å². The number of hydrogen-bond acceptors (Lipinski definition) is 1. The van der Waals surface area contributed by atoms with E-state index in [-0.39, 0.29) is 5.38 Å². The molecule has 0 N–H and O–H groups in total. The number of benzene rings is 2. The molecule has 102 valence electrons. The predicted molar refractivity (Wildman–Crippen MR) is 87.8 cm³/mol. The Kier molecular flexibility index (Phi) is 3.57. The molecule has 3 aromatic rings. The number of aromatic nitrogens is 2. The molecule has 1 aromatic heterocycles. The van der Waals surface area contributed by atoms with Crippen LogP contribution in [0.15, 0.2) is 46.9 Å². The van der Waals surface area contributed by atoms with Gasteiger partial charge in [-0.05, 0) is 43.7 Å². The predicted octanol–water partition coefficient (Wildman–Crippen LogP) is 5.40. The van der Waals surface area contributed by atoms with Crippen LogP contribution in [-0.2, 0) is 0 Å². The molecule has 0 bridgehead atoms. The number of aryl methyl sites for hydroxylation is 1.